The summed E-state index contributed by atoms with van der Waals surface area (Å²) in [5, 5.41) is 16.2. The van der Waals surface area contributed by atoms with Gasteiger partial charge >= 0.3 is 6.09 Å². The number of hydrogen-bond acceptors (Lipinski definition) is 3. The Morgan fingerprint density at radius 1 is 1.12 bits per heavy atom. The molecule has 5 N–H and O–H groups in total. The first-order chi connectivity index (χ1) is 11.5. The van der Waals surface area contributed by atoms with Crippen LogP contribution in [0.15, 0.2) is 42.5 Å². The lowest BCUT2D eigenvalue weighted by atomic mass is 9.99. The molecule has 6 nitrogen and oxygen atoms in total. The SMILES string of the molecule is C[C@H](NC(=O)[C@H](CCCN)NC(=O)O)c1cccc2ccccc12. The molecule has 0 aliphatic carbocycles. The molecule has 24 heavy (non-hydrogen) atoms. The van der Waals surface area contributed by atoms with Crippen LogP contribution in [-0.2, 0) is 4.79 Å². The van der Waals surface area contributed by atoms with Crippen molar-refractivity contribution in [1.82, 2.24) is 10.6 Å². The summed E-state index contributed by atoms with van der Waals surface area (Å²) in [6.45, 7) is 2.30. The second-order valence-electron chi connectivity index (χ2n) is 5.73. The zero-order valence-electron chi connectivity index (χ0n) is 13.7. The third-order valence-electron chi connectivity index (χ3n) is 3.96. The predicted octanol–water partition coefficient (Wildman–Crippen LogP) is 2.39. The maximum absolute atomic E-state index is 12.4. The molecule has 0 heterocycles. The van der Waals surface area contributed by atoms with Gasteiger partial charge in [0.1, 0.15) is 6.04 Å². The maximum Gasteiger partial charge on any atom is 0.405 e. The molecule has 0 saturated heterocycles. The number of fused-ring (bicyclic) bond motifs is 1. The van der Waals surface area contributed by atoms with E-state index in [9.17, 15) is 9.59 Å². The largest absolute Gasteiger partial charge is 0.465 e. The molecule has 0 aliphatic heterocycles. The summed E-state index contributed by atoms with van der Waals surface area (Å²) in [5.74, 6) is -0.341. The van der Waals surface area contributed by atoms with Gasteiger partial charge in [0.15, 0.2) is 0 Å². The van der Waals surface area contributed by atoms with Gasteiger partial charge in [0.25, 0.3) is 0 Å². The van der Waals surface area contributed by atoms with Gasteiger partial charge in [-0.1, -0.05) is 42.5 Å². The fourth-order valence-corrected chi connectivity index (χ4v) is 2.76. The number of carboxylic acid groups (broad SMARTS) is 1. The van der Waals surface area contributed by atoms with Crippen LogP contribution >= 0.6 is 0 Å². The second-order valence-corrected chi connectivity index (χ2v) is 5.73. The monoisotopic (exact) mass is 329 g/mol. The fourth-order valence-electron chi connectivity index (χ4n) is 2.76. The highest BCUT2D eigenvalue weighted by Crippen LogP contribution is 2.24. The Morgan fingerprint density at radius 2 is 1.83 bits per heavy atom. The van der Waals surface area contributed by atoms with E-state index < -0.39 is 12.1 Å². The van der Waals surface area contributed by atoms with Gasteiger partial charge in [0.05, 0.1) is 6.04 Å². The van der Waals surface area contributed by atoms with Crippen molar-refractivity contribution in [1.29, 1.82) is 0 Å². The summed E-state index contributed by atoms with van der Waals surface area (Å²) in [7, 11) is 0. The van der Waals surface area contributed by atoms with Gasteiger partial charge in [-0.05, 0) is 42.6 Å². The number of carbonyl (C=O) groups is 2. The predicted molar refractivity (Wildman–Crippen MR) is 93.7 cm³/mol. The third-order valence-corrected chi connectivity index (χ3v) is 3.96. The van der Waals surface area contributed by atoms with Crippen molar-refractivity contribution in [3.63, 3.8) is 0 Å². The number of amides is 2. The Morgan fingerprint density at radius 3 is 2.54 bits per heavy atom. The lowest BCUT2D eigenvalue weighted by molar-refractivity contribution is -0.123. The minimum absolute atomic E-state index is 0.237. The normalized spacial score (nSPS) is 13.2. The highest BCUT2D eigenvalue weighted by molar-refractivity contribution is 5.88. The Kier molecular flexibility index (Phi) is 6.14. The first-order valence-electron chi connectivity index (χ1n) is 8.00. The van der Waals surface area contributed by atoms with Crippen molar-refractivity contribution >= 4 is 22.8 Å². The average Bonchev–Trinajstić information content (AvgIpc) is 2.57. The standard InChI is InChI=1S/C18H23N3O3/c1-12(14-9-4-7-13-6-2-3-8-15(13)14)20-17(22)16(10-5-11-19)21-18(23)24/h2-4,6-9,12,16,21H,5,10-11,19H2,1H3,(H,20,22)(H,23,24)/t12-,16-/m0/s1. The zero-order valence-corrected chi connectivity index (χ0v) is 13.7. The van der Waals surface area contributed by atoms with Crippen LogP contribution in [0.1, 0.15) is 31.4 Å². The van der Waals surface area contributed by atoms with Gasteiger partial charge in [-0.25, -0.2) is 4.79 Å². The molecule has 0 aromatic heterocycles. The van der Waals surface area contributed by atoms with Crippen molar-refractivity contribution in [2.45, 2.75) is 31.8 Å². The maximum atomic E-state index is 12.4. The third kappa shape index (κ3) is 4.45. The molecule has 2 aromatic rings. The number of hydrogen-bond donors (Lipinski definition) is 4. The molecule has 0 saturated carbocycles. The quantitative estimate of drug-likeness (QED) is 0.626. The molecule has 6 heteroatoms. The van der Waals surface area contributed by atoms with E-state index in [-0.39, 0.29) is 11.9 Å². The molecule has 0 aliphatic rings. The van der Waals surface area contributed by atoms with Crippen molar-refractivity contribution in [3.05, 3.63) is 48.0 Å². The van der Waals surface area contributed by atoms with E-state index in [1.54, 1.807) is 0 Å². The van der Waals surface area contributed by atoms with Crippen molar-refractivity contribution in [2.75, 3.05) is 6.54 Å². The van der Waals surface area contributed by atoms with E-state index in [1.165, 1.54) is 0 Å². The molecule has 2 aromatic carbocycles. The Balaban J connectivity index is 2.15. The molecule has 2 rings (SSSR count). The molecule has 2 amide bonds. The van der Waals surface area contributed by atoms with Crippen molar-refractivity contribution < 1.29 is 14.7 Å². The van der Waals surface area contributed by atoms with Gasteiger partial charge in [-0.2, -0.15) is 0 Å². The molecular weight excluding hydrogens is 306 g/mol. The summed E-state index contributed by atoms with van der Waals surface area (Å²) < 4.78 is 0. The topological polar surface area (TPSA) is 104 Å². The van der Waals surface area contributed by atoms with Gasteiger partial charge in [-0.3, -0.25) is 4.79 Å². The van der Waals surface area contributed by atoms with E-state index >= 15 is 0 Å². The van der Waals surface area contributed by atoms with Gasteiger partial charge in [0, 0.05) is 0 Å². The van der Waals surface area contributed by atoms with Crippen LogP contribution in [-0.4, -0.2) is 29.7 Å². The van der Waals surface area contributed by atoms with Crippen LogP contribution in [0.2, 0.25) is 0 Å². The number of benzene rings is 2. The van der Waals surface area contributed by atoms with E-state index in [4.69, 9.17) is 10.8 Å². The van der Waals surface area contributed by atoms with Crippen LogP contribution < -0.4 is 16.4 Å². The number of nitrogens with one attached hydrogen (secondary N) is 2. The lowest BCUT2D eigenvalue weighted by Crippen LogP contribution is -2.47. The summed E-state index contributed by atoms with van der Waals surface area (Å²) in [6, 6.07) is 12.8. The number of nitrogens with two attached hydrogens (primary N) is 1. The second kappa shape index (κ2) is 8.31. The van der Waals surface area contributed by atoms with Crippen LogP contribution in [0, 0.1) is 0 Å². The summed E-state index contributed by atoms with van der Waals surface area (Å²) in [6.07, 6.45) is -0.275. The zero-order chi connectivity index (χ0) is 17.5. The molecule has 0 radical (unpaired) electrons. The van der Waals surface area contributed by atoms with Crippen LogP contribution in [0.25, 0.3) is 10.8 Å². The van der Waals surface area contributed by atoms with Crippen LogP contribution in [0.5, 0.6) is 0 Å². The lowest BCUT2D eigenvalue weighted by Gasteiger charge is -2.21. The van der Waals surface area contributed by atoms with Gasteiger partial charge in [-0.15, -0.1) is 0 Å². The fraction of sp³-hybridized carbons (Fsp3) is 0.333. The van der Waals surface area contributed by atoms with Crippen molar-refractivity contribution in [2.24, 2.45) is 5.73 Å². The van der Waals surface area contributed by atoms with Gasteiger partial charge in [0.2, 0.25) is 5.91 Å². The van der Waals surface area contributed by atoms with Crippen LogP contribution in [0.3, 0.4) is 0 Å². The first-order valence-corrected chi connectivity index (χ1v) is 8.00. The van der Waals surface area contributed by atoms with E-state index in [0.29, 0.717) is 19.4 Å². The van der Waals surface area contributed by atoms with E-state index in [0.717, 1.165) is 16.3 Å². The van der Waals surface area contributed by atoms with E-state index in [2.05, 4.69) is 10.6 Å². The van der Waals surface area contributed by atoms with Gasteiger partial charge < -0.3 is 21.5 Å². The summed E-state index contributed by atoms with van der Waals surface area (Å²) >= 11 is 0. The molecule has 2 atom stereocenters. The molecular formula is C18H23N3O3. The molecule has 0 bridgehead atoms. The van der Waals surface area contributed by atoms with Crippen molar-refractivity contribution in [3.8, 4) is 0 Å². The highest BCUT2D eigenvalue weighted by Gasteiger charge is 2.22. The number of carbonyl (C=O) groups excluding carboxylic acids is 1. The summed E-state index contributed by atoms with van der Waals surface area (Å²) in [5.41, 5.74) is 6.45. The molecule has 128 valence electrons. The first kappa shape index (κ1) is 17.7. The van der Waals surface area contributed by atoms with Crippen LogP contribution in [0.4, 0.5) is 4.79 Å². The minimum Gasteiger partial charge on any atom is -0.465 e. The Bertz CT molecular complexity index is 712. The Labute approximate surface area is 141 Å². The highest BCUT2D eigenvalue weighted by atomic mass is 16.4. The number of rotatable bonds is 7. The minimum atomic E-state index is -1.22. The smallest absolute Gasteiger partial charge is 0.405 e. The Hall–Kier alpha value is -2.60. The molecule has 0 fully saturated rings. The average molecular weight is 329 g/mol. The molecule has 0 spiro atoms. The summed E-state index contributed by atoms with van der Waals surface area (Å²) in [4.78, 5) is 23.3. The van der Waals surface area contributed by atoms with E-state index in [1.807, 2.05) is 49.4 Å². The molecule has 0 unspecified atom stereocenters.